The third-order valence-corrected chi connectivity index (χ3v) is 5.37. The summed E-state index contributed by atoms with van der Waals surface area (Å²) in [6, 6.07) is 17.2. The molecule has 5 heteroatoms. The highest BCUT2D eigenvalue weighted by Crippen LogP contribution is 2.18. The van der Waals surface area contributed by atoms with E-state index < -0.39 is 6.04 Å². The maximum atomic E-state index is 13.2. The van der Waals surface area contributed by atoms with Crippen LogP contribution in [0.5, 0.6) is 5.75 Å². The molecule has 2 aromatic rings. The number of carbonyl (C=O) groups excluding carboxylic acids is 2. The fourth-order valence-electron chi connectivity index (χ4n) is 3.33. The van der Waals surface area contributed by atoms with Crippen molar-refractivity contribution in [3.8, 4) is 5.75 Å². The number of carbonyl (C=O) groups is 2. The van der Waals surface area contributed by atoms with Gasteiger partial charge in [0.1, 0.15) is 11.8 Å². The molecule has 0 spiro atoms. The Kier molecular flexibility index (Phi) is 9.39. The van der Waals surface area contributed by atoms with Crippen LogP contribution in [0.2, 0.25) is 0 Å². The summed E-state index contributed by atoms with van der Waals surface area (Å²) in [7, 11) is 1.63. The predicted molar refractivity (Wildman–Crippen MR) is 120 cm³/mol. The van der Waals surface area contributed by atoms with Gasteiger partial charge in [0, 0.05) is 19.0 Å². The molecule has 0 saturated heterocycles. The molecule has 1 N–H and O–H groups in total. The van der Waals surface area contributed by atoms with Crippen molar-refractivity contribution in [1.82, 2.24) is 10.2 Å². The van der Waals surface area contributed by atoms with Crippen LogP contribution in [0.25, 0.3) is 0 Å². The van der Waals surface area contributed by atoms with E-state index in [2.05, 4.69) is 5.32 Å². The quantitative estimate of drug-likeness (QED) is 0.599. The minimum Gasteiger partial charge on any atom is -0.497 e. The average Bonchev–Trinajstić information content (AvgIpc) is 2.78. The number of amides is 2. The van der Waals surface area contributed by atoms with Crippen molar-refractivity contribution < 1.29 is 14.3 Å². The van der Waals surface area contributed by atoms with Gasteiger partial charge in [0.05, 0.1) is 7.11 Å². The Hall–Kier alpha value is -2.82. The Labute approximate surface area is 180 Å². The zero-order valence-corrected chi connectivity index (χ0v) is 18.6. The Balaban J connectivity index is 2.19. The number of methoxy groups -OCH3 is 1. The summed E-state index contributed by atoms with van der Waals surface area (Å²) in [6.07, 6.45) is 2.44. The van der Waals surface area contributed by atoms with Crippen molar-refractivity contribution in [2.75, 3.05) is 7.11 Å². The van der Waals surface area contributed by atoms with Crippen LogP contribution in [-0.2, 0) is 22.6 Å². The molecule has 2 amide bonds. The second-order valence-electron chi connectivity index (χ2n) is 7.60. The van der Waals surface area contributed by atoms with Crippen LogP contribution in [0.15, 0.2) is 54.6 Å². The third-order valence-electron chi connectivity index (χ3n) is 5.37. The highest BCUT2D eigenvalue weighted by molar-refractivity contribution is 5.87. The molecule has 0 bridgehead atoms. The molecule has 162 valence electrons. The van der Waals surface area contributed by atoms with E-state index >= 15 is 0 Å². The molecular weight excluding hydrogens is 376 g/mol. The molecule has 2 atom stereocenters. The second-order valence-corrected chi connectivity index (χ2v) is 7.60. The summed E-state index contributed by atoms with van der Waals surface area (Å²) in [5.74, 6) is 0.663. The van der Waals surface area contributed by atoms with Crippen LogP contribution in [0, 0.1) is 0 Å². The fourth-order valence-corrected chi connectivity index (χ4v) is 3.33. The summed E-state index contributed by atoms with van der Waals surface area (Å²) in [5, 5.41) is 3.04. The van der Waals surface area contributed by atoms with Crippen molar-refractivity contribution in [2.45, 2.75) is 65.1 Å². The summed E-state index contributed by atoms with van der Waals surface area (Å²) in [5.41, 5.74) is 2.09. The fraction of sp³-hybridized carbons (Fsp3) is 0.440. The molecule has 0 aliphatic rings. The zero-order chi connectivity index (χ0) is 21.9. The van der Waals surface area contributed by atoms with Crippen LogP contribution in [-0.4, -0.2) is 35.9 Å². The van der Waals surface area contributed by atoms with Gasteiger partial charge in [-0.2, -0.15) is 0 Å². The smallest absolute Gasteiger partial charge is 0.243 e. The Morgan fingerprint density at radius 2 is 1.63 bits per heavy atom. The van der Waals surface area contributed by atoms with Gasteiger partial charge in [-0.25, -0.2) is 0 Å². The van der Waals surface area contributed by atoms with Crippen molar-refractivity contribution in [1.29, 1.82) is 0 Å². The molecular formula is C25H34N2O3. The predicted octanol–water partition coefficient (Wildman–Crippen LogP) is 4.35. The van der Waals surface area contributed by atoms with Gasteiger partial charge in [0.15, 0.2) is 0 Å². The van der Waals surface area contributed by atoms with Gasteiger partial charge in [-0.3, -0.25) is 9.59 Å². The number of hydrogen-bond acceptors (Lipinski definition) is 3. The van der Waals surface area contributed by atoms with Gasteiger partial charge in [-0.05, 0) is 49.4 Å². The number of aryl methyl sites for hydroxylation is 1. The van der Waals surface area contributed by atoms with Gasteiger partial charge >= 0.3 is 0 Å². The number of benzene rings is 2. The van der Waals surface area contributed by atoms with Crippen LogP contribution < -0.4 is 10.1 Å². The van der Waals surface area contributed by atoms with E-state index in [0.717, 1.165) is 23.3 Å². The SMILES string of the molecule is CC[C@H](C(=O)N[C@@H](C)CC)N(Cc1ccc(OC)cc1)C(=O)CCc1ccccc1. The number of hydrogen-bond donors (Lipinski definition) is 1. The highest BCUT2D eigenvalue weighted by atomic mass is 16.5. The first-order valence-corrected chi connectivity index (χ1v) is 10.7. The van der Waals surface area contributed by atoms with E-state index in [4.69, 9.17) is 4.74 Å². The third kappa shape index (κ3) is 6.90. The lowest BCUT2D eigenvalue weighted by Crippen LogP contribution is -2.50. The first kappa shape index (κ1) is 23.5. The van der Waals surface area contributed by atoms with E-state index in [1.165, 1.54) is 0 Å². The second kappa shape index (κ2) is 12.0. The van der Waals surface area contributed by atoms with Crippen molar-refractivity contribution in [2.24, 2.45) is 0 Å². The van der Waals surface area contributed by atoms with E-state index in [1.54, 1.807) is 12.0 Å². The lowest BCUT2D eigenvalue weighted by atomic mass is 10.1. The first-order chi connectivity index (χ1) is 14.5. The minimum atomic E-state index is -0.496. The van der Waals surface area contributed by atoms with E-state index in [0.29, 0.717) is 25.8 Å². The maximum Gasteiger partial charge on any atom is 0.243 e. The Morgan fingerprint density at radius 3 is 2.20 bits per heavy atom. The van der Waals surface area contributed by atoms with Gasteiger partial charge < -0.3 is 15.0 Å². The van der Waals surface area contributed by atoms with Crippen LogP contribution in [0.4, 0.5) is 0 Å². The van der Waals surface area contributed by atoms with Crippen molar-refractivity contribution in [3.05, 3.63) is 65.7 Å². The Morgan fingerprint density at radius 1 is 0.967 bits per heavy atom. The summed E-state index contributed by atoms with van der Waals surface area (Å²) >= 11 is 0. The first-order valence-electron chi connectivity index (χ1n) is 10.7. The summed E-state index contributed by atoms with van der Waals surface area (Å²) in [6.45, 7) is 6.36. The Bertz CT molecular complexity index is 790. The highest BCUT2D eigenvalue weighted by Gasteiger charge is 2.29. The molecule has 5 nitrogen and oxygen atoms in total. The molecule has 0 aliphatic carbocycles. The van der Waals surface area contributed by atoms with Crippen molar-refractivity contribution >= 4 is 11.8 Å². The lowest BCUT2D eigenvalue weighted by Gasteiger charge is -2.31. The summed E-state index contributed by atoms with van der Waals surface area (Å²) < 4.78 is 5.23. The largest absolute Gasteiger partial charge is 0.497 e. The van der Waals surface area contributed by atoms with Crippen LogP contribution >= 0.6 is 0 Å². The normalized spacial score (nSPS) is 12.7. The average molecular weight is 411 g/mol. The topological polar surface area (TPSA) is 58.6 Å². The minimum absolute atomic E-state index is 0.0131. The number of rotatable bonds is 11. The molecule has 0 heterocycles. The van der Waals surface area contributed by atoms with Crippen LogP contribution in [0.1, 0.15) is 51.2 Å². The van der Waals surface area contributed by atoms with E-state index in [-0.39, 0.29) is 17.9 Å². The number of nitrogens with one attached hydrogen (secondary N) is 1. The zero-order valence-electron chi connectivity index (χ0n) is 18.6. The number of ether oxygens (including phenoxy) is 1. The maximum absolute atomic E-state index is 13.2. The molecule has 0 unspecified atom stereocenters. The van der Waals surface area contributed by atoms with E-state index in [1.807, 2.05) is 75.4 Å². The molecule has 0 saturated carbocycles. The van der Waals surface area contributed by atoms with Gasteiger partial charge in [-0.15, -0.1) is 0 Å². The van der Waals surface area contributed by atoms with E-state index in [9.17, 15) is 9.59 Å². The molecule has 30 heavy (non-hydrogen) atoms. The lowest BCUT2D eigenvalue weighted by molar-refractivity contribution is -0.141. The van der Waals surface area contributed by atoms with Gasteiger partial charge in [0.25, 0.3) is 0 Å². The monoisotopic (exact) mass is 410 g/mol. The van der Waals surface area contributed by atoms with Gasteiger partial charge in [-0.1, -0.05) is 56.3 Å². The molecule has 0 aliphatic heterocycles. The van der Waals surface area contributed by atoms with Gasteiger partial charge in [0.2, 0.25) is 11.8 Å². The van der Waals surface area contributed by atoms with Crippen molar-refractivity contribution in [3.63, 3.8) is 0 Å². The standard InChI is InChI=1S/C25H34N2O3/c1-5-19(3)26-25(29)23(6-2)27(18-21-12-15-22(30-4)16-13-21)24(28)17-14-20-10-8-7-9-11-20/h7-13,15-16,19,23H,5-6,14,17-18H2,1-4H3,(H,26,29)/t19-,23+/m0/s1. The molecule has 0 fully saturated rings. The number of nitrogens with zero attached hydrogens (tertiary/aromatic N) is 1. The van der Waals surface area contributed by atoms with Crippen LogP contribution in [0.3, 0.4) is 0 Å². The summed E-state index contributed by atoms with van der Waals surface area (Å²) in [4.78, 5) is 27.9. The molecule has 2 rings (SSSR count). The molecule has 2 aromatic carbocycles. The molecule has 0 radical (unpaired) electrons. The molecule has 0 aromatic heterocycles.